The molecular formula is C25H32FN9O3. The van der Waals surface area contributed by atoms with Gasteiger partial charge in [-0.1, -0.05) is 0 Å². The molecule has 0 amide bonds. The zero-order chi connectivity index (χ0) is 26.4. The third-order valence-corrected chi connectivity index (χ3v) is 7.77. The highest BCUT2D eigenvalue weighted by molar-refractivity contribution is 5.62. The summed E-state index contributed by atoms with van der Waals surface area (Å²) in [6.45, 7) is 6.49. The number of methoxy groups -OCH3 is 1. The number of piperidine rings is 1. The van der Waals surface area contributed by atoms with E-state index in [0.29, 0.717) is 36.4 Å². The van der Waals surface area contributed by atoms with Gasteiger partial charge in [0.15, 0.2) is 11.6 Å². The largest absolute Gasteiger partial charge is 0.494 e. The molecule has 3 saturated heterocycles. The van der Waals surface area contributed by atoms with Gasteiger partial charge in [0.25, 0.3) is 0 Å². The summed E-state index contributed by atoms with van der Waals surface area (Å²) >= 11 is 0. The van der Waals surface area contributed by atoms with Crippen molar-refractivity contribution in [3.63, 3.8) is 0 Å². The summed E-state index contributed by atoms with van der Waals surface area (Å²) in [5.74, 6) is 0.342. The number of rotatable bonds is 7. The van der Waals surface area contributed by atoms with E-state index in [-0.39, 0.29) is 29.4 Å². The Morgan fingerprint density at radius 1 is 1.21 bits per heavy atom. The first-order chi connectivity index (χ1) is 18.3. The van der Waals surface area contributed by atoms with E-state index in [1.807, 2.05) is 0 Å². The number of ether oxygens (including phenoxy) is 2. The molecule has 3 aliphatic rings. The molecule has 3 aliphatic heterocycles. The molecule has 1 aromatic carbocycles. The quantitative estimate of drug-likeness (QED) is 0.475. The Kier molecular flexibility index (Phi) is 6.26. The van der Waals surface area contributed by atoms with Gasteiger partial charge in [-0.25, -0.2) is 14.2 Å². The lowest BCUT2D eigenvalue weighted by atomic mass is 9.84. The molecule has 13 heteroatoms. The number of hydrogen-bond donors (Lipinski definition) is 2. The third kappa shape index (κ3) is 4.49. The molecule has 2 N–H and O–H groups in total. The number of tetrazole rings is 1. The van der Waals surface area contributed by atoms with Crippen LogP contribution in [0.2, 0.25) is 0 Å². The molecule has 38 heavy (non-hydrogen) atoms. The molecular weight excluding hydrogens is 493 g/mol. The summed E-state index contributed by atoms with van der Waals surface area (Å²) in [5.41, 5.74) is 0.633. The normalized spacial score (nSPS) is 23.1. The van der Waals surface area contributed by atoms with Crippen molar-refractivity contribution in [1.82, 2.24) is 34.7 Å². The molecule has 0 radical (unpaired) electrons. The fourth-order valence-electron chi connectivity index (χ4n) is 5.91. The number of nitrogens with zero attached hydrogens (tertiary/aromatic N) is 7. The molecule has 2 unspecified atom stereocenters. The van der Waals surface area contributed by atoms with Crippen LogP contribution in [-0.2, 0) is 4.74 Å². The Balaban J connectivity index is 1.23. The van der Waals surface area contributed by atoms with Crippen LogP contribution in [0.5, 0.6) is 5.75 Å². The highest BCUT2D eigenvalue weighted by Crippen LogP contribution is 2.38. The Labute approximate surface area is 219 Å². The minimum absolute atomic E-state index is 0.0484. The van der Waals surface area contributed by atoms with E-state index in [1.54, 1.807) is 18.2 Å². The second-order valence-corrected chi connectivity index (χ2v) is 10.8. The molecule has 0 bridgehead atoms. The van der Waals surface area contributed by atoms with Gasteiger partial charge >= 0.3 is 5.69 Å². The zero-order valence-electron chi connectivity index (χ0n) is 21.7. The maximum atomic E-state index is 14.7. The molecule has 12 nitrogen and oxygen atoms in total. The van der Waals surface area contributed by atoms with E-state index < -0.39 is 11.5 Å². The average molecular weight is 526 g/mol. The van der Waals surface area contributed by atoms with Crippen LogP contribution in [0.3, 0.4) is 0 Å². The number of aromatic nitrogens is 6. The van der Waals surface area contributed by atoms with Crippen LogP contribution in [0.25, 0.3) is 5.69 Å². The number of halogens is 1. The number of nitrogens with one attached hydrogen (secondary N) is 2. The van der Waals surface area contributed by atoms with Crippen LogP contribution in [0.1, 0.15) is 45.6 Å². The van der Waals surface area contributed by atoms with Crippen molar-refractivity contribution in [3.8, 4) is 11.4 Å². The zero-order valence-corrected chi connectivity index (χ0v) is 21.7. The standard InChI is InChI=1S/C25H32FN9O3/c1-25(2)11-16(9-17-5-4-8-33(17)25)28-22-19(26)12-27-23(30-22)29-15-6-7-21(37-3)20(10-15)35-24(36)34(31-32-35)18-13-38-14-18/h6-7,10,12,16-18H,4-5,8-9,11,13-14H2,1-3H3,(H2,27,28,29,30). The Morgan fingerprint density at radius 3 is 2.82 bits per heavy atom. The molecule has 0 saturated carbocycles. The topological polar surface area (TPSA) is 124 Å². The van der Waals surface area contributed by atoms with Gasteiger partial charge in [-0.15, -0.1) is 0 Å². The van der Waals surface area contributed by atoms with Gasteiger partial charge in [-0.05, 0) is 74.7 Å². The van der Waals surface area contributed by atoms with Crippen molar-refractivity contribution < 1.29 is 13.9 Å². The van der Waals surface area contributed by atoms with E-state index in [1.165, 1.54) is 29.3 Å². The van der Waals surface area contributed by atoms with Crippen molar-refractivity contribution in [2.75, 3.05) is 37.5 Å². The molecule has 5 heterocycles. The first-order valence-electron chi connectivity index (χ1n) is 13.0. The minimum atomic E-state index is -0.499. The summed E-state index contributed by atoms with van der Waals surface area (Å²) in [6.07, 6.45) is 5.40. The van der Waals surface area contributed by atoms with Crippen molar-refractivity contribution in [2.24, 2.45) is 0 Å². The van der Waals surface area contributed by atoms with E-state index in [2.05, 4.69) is 49.8 Å². The first-order valence-corrected chi connectivity index (χ1v) is 13.0. The molecule has 0 spiro atoms. The SMILES string of the molecule is COc1ccc(Nc2ncc(F)c(NC3CC4CCCN4C(C)(C)C3)n2)cc1-n1nnn(C2COC2)c1=O. The molecule has 0 aliphatic carbocycles. The van der Waals surface area contributed by atoms with Crippen LogP contribution >= 0.6 is 0 Å². The molecule has 2 atom stereocenters. The second kappa shape index (κ2) is 9.62. The van der Waals surface area contributed by atoms with Crippen molar-refractivity contribution in [2.45, 2.75) is 63.2 Å². The number of anilines is 3. The fraction of sp³-hybridized carbons (Fsp3) is 0.560. The Morgan fingerprint density at radius 2 is 2.05 bits per heavy atom. The maximum Gasteiger partial charge on any atom is 0.369 e. The van der Waals surface area contributed by atoms with Gasteiger partial charge in [-0.2, -0.15) is 14.3 Å². The molecule has 202 valence electrons. The first kappa shape index (κ1) is 24.7. The lowest BCUT2D eigenvalue weighted by Gasteiger charge is -2.47. The Bertz CT molecular complexity index is 1390. The predicted molar refractivity (Wildman–Crippen MR) is 138 cm³/mol. The number of fused-ring (bicyclic) bond motifs is 1. The van der Waals surface area contributed by atoms with Gasteiger partial charge in [-0.3, -0.25) is 4.90 Å². The van der Waals surface area contributed by atoms with Gasteiger partial charge in [0.2, 0.25) is 5.95 Å². The molecule has 2 aromatic heterocycles. The van der Waals surface area contributed by atoms with Crippen LogP contribution in [0, 0.1) is 5.82 Å². The third-order valence-electron chi connectivity index (χ3n) is 7.77. The summed E-state index contributed by atoms with van der Waals surface area (Å²) in [6, 6.07) is 5.65. The highest BCUT2D eigenvalue weighted by atomic mass is 19.1. The lowest BCUT2D eigenvalue weighted by Crippen LogP contribution is -2.55. The number of hydrogen-bond acceptors (Lipinski definition) is 10. The van der Waals surface area contributed by atoms with Gasteiger partial charge in [0, 0.05) is 23.3 Å². The second-order valence-electron chi connectivity index (χ2n) is 10.8. The monoisotopic (exact) mass is 525 g/mol. The summed E-state index contributed by atoms with van der Waals surface area (Å²) < 4.78 is 27.9. The van der Waals surface area contributed by atoms with Gasteiger partial charge in [0.05, 0.1) is 26.5 Å². The maximum absolute atomic E-state index is 14.7. The summed E-state index contributed by atoms with van der Waals surface area (Å²) in [5, 5.41) is 14.5. The van der Waals surface area contributed by atoms with E-state index in [0.717, 1.165) is 25.6 Å². The van der Waals surface area contributed by atoms with Crippen LogP contribution in [0.15, 0.2) is 29.2 Å². The van der Waals surface area contributed by atoms with E-state index in [4.69, 9.17) is 9.47 Å². The van der Waals surface area contributed by atoms with Crippen LogP contribution < -0.4 is 21.1 Å². The van der Waals surface area contributed by atoms with E-state index in [9.17, 15) is 9.18 Å². The molecule has 6 rings (SSSR count). The Hall–Kier alpha value is -3.58. The highest BCUT2D eigenvalue weighted by Gasteiger charge is 2.43. The smallest absolute Gasteiger partial charge is 0.369 e. The van der Waals surface area contributed by atoms with E-state index >= 15 is 0 Å². The van der Waals surface area contributed by atoms with Gasteiger partial charge < -0.3 is 20.1 Å². The summed E-state index contributed by atoms with van der Waals surface area (Å²) in [7, 11) is 1.51. The molecule has 3 fully saturated rings. The predicted octanol–water partition coefficient (Wildman–Crippen LogP) is 2.50. The minimum Gasteiger partial charge on any atom is -0.494 e. The van der Waals surface area contributed by atoms with Crippen LogP contribution in [0.4, 0.5) is 21.8 Å². The van der Waals surface area contributed by atoms with Crippen molar-refractivity contribution in [3.05, 3.63) is 40.7 Å². The van der Waals surface area contributed by atoms with Gasteiger partial charge in [0.1, 0.15) is 17.5 Å². The molecule has 3 aromatic rings. The van der Waals surface area contributed by atoms with Crippen LogP contribution in [-0.4, -0.2) is 79.1 Å². The number of benzene rings is 1. The van der Waals surface area contributed by atoms with Crippen molar-refractivity contribution in [1.29, 1.82) is 0 Å². The summed E-state index contributed by atoms with van der Waals surface area (Å²) in [4.78, 5) is 24.1. The van der Waals surface area contributed by atoms with Crippen molar-refractivity contribution >= 4 is 17.5 Å². The fourth-order valence-corrected chi connectivity index (χ4v) is 5.91. The average Bonchev–Trinajstić information content (AvgIpc) is 3.48. The lowest BCUT2D eigenvalue weighted by molar-refractivity contribution is -0.0309.